The quantitative estimate of drug-likeness (QED) is 0.659. The number of nitrogens with zero attached hydrogens (tertiary/aromatic N) is 1. The molecular weight excluding hydrogens is 383 g/mol. The van der Waals surface area contributed by atoms with E-state index in [1.54, 1.807) is 24.3 Å². The number of fused-ring (bicyclic) bond motifs is 2. The summed E-state index contributed by atoms with van der Waals surface area (Å²) in [6.07, 6.45) is -0.570. The topological polar surface area (TPSA) is 68.3 Å². The van der Waals surface area contributed by atoms with Gasteiger partial charge in [0.15, 0.2) is 11.2 Å². The molecule has 3 aromatic rings. The summed E-state index contributed by atoms with van der Waals surface area (Å²) in [5, 5.41) is 3.80. The zero-order chi connectivity index (χ0) is 17.6. The van der Waals surface area contributed by atoms with Crippen LogP contribution in [0.15, 0.2) is 36.4 Å². The number of carbonyl (C=O) groups excluding carboxylic acids is 2. The van der Waals surface area contributed by atoms with Gasteiger partial charge in [0.2, 0.25) is 0 Å². The minimum Gasteiger partial charge on any atom is -0.448 e. The minimum atomic E-state index is -0.895. The Bertz CT molecular complexity index is 1020. The van der Waals surface area contributed by atoms with E-state index in [2.05, 4.69) is 10.3 Å². The number of amides is 1. The smallest absolute Gasteiger partial charge is 0.339 e. The molecule has 0 fully saturated rings. The summed E-state index contributed by atoms with van der Waals surface area (Å²) in [6, 6.07) is 10.5. The third kappa shape index (κ3) is 2.97. The van der Waals surface area contributed by atoms with E-state index in [1.807, 2.05) is 12.1 Å². The van der Waals surface area contributed by atoms with Gasteiger partial charge >= 0.3 is 5.97 Å². The number of cyclic esters (lactones) is 1. The number of rotatable bonds is 2. The predicted molar refractivity (Wildman–Crippen MR) is 97.6 cm³/mol. The fraction of sp³-hybridized carbons (Fsp3) is 0.118. The molecule has 5 nitrogen and oxygen atoms in total. The van der Waals surface area contributed by atoms with Gasteiger partial charge in [-0.15, -0.1) is 0 Å². The number of ether oxygens (including phenoxy) is 1. The van der Waals surface area contributed by atoms with Crippen LogP contribution in [-0.4, -0.2) is 23.0 Å². The van der Waals surface area contributed by atoms with Gasteiger partial charge in [0.1, 0.15) is 5.52 Å². The van der Waals surface area contributed by atoms with Crippen molar-refractivity contribution >= 4 is 61.8 Å². The van der Waals surface area contributed by atoms with Crippen LogP contribution in [-0.2, 0) is 16.0 Å². The molecule has 0 saturated heterocycles. The number of carbonyl (C=O) groups is 2. The van der Waals surface area contributed by atoms with E-state index in [0.29, 0.717) is 32.7 Å². The average molecular weight is 393 g/mol. The normalized spacial score (nSPS) is 16.4. The van der Waals surface area contributed by atoms with Crippen LogP contribution < -0.4 is 5.32 Å². The van der Waals surface area contributed by atoms with Crippen molar-refractivity contribution in [2.24, 2.45) is 0 Å². The molecule has 0 aliphatic carbocycles. The predicted octanol–water partition coefficient (Wildman–Crippen LogP) is 4.32. The number of thiazole rings is 1. The second kappa shape index (κ2) is 6.29. The van der Waals surface area contributed by atoms with Crippen LogP contribution in [0.25, 0.3) is 10.2 Å². The van der Waals surface area contributed by atoms with Gasteiger partial charge in [-0.2, -0.15) is 0 Å². The van der Waals surface area contributed by atoms with Crippen molar-refractivity contribution in [3.8, 4) is 0 Å². The molecule has 1 unspecified atom stereocenters. The molecule has 0 spiro atoms. The minimum absolute atomic E-state index is 0.325. The largest absolute Gasteiger partial charge is 0.448 e. The van der Waals surface area contributed by atoms with Crippen molar-refractivity contribution in [2.75, 3.05) is 5.32 Å². The van der Waals surface area contributed by atoms with E-state index >= 15 is 0 Å². The van der Waals surface area contributed by atoms with Crippen LogP contribution in [0.4, 0.5) is 5.13 Å². The maximum atomic E-state index is 12.5. The van der Waals surface area contributed by atoms with Gasteiger partial charge in [-0.25, -0.2) is 9.78 Å². The van der Waals surface area contributed by atoms with Gasteiger partial charge in [-0.3, -0.25) is 10.1 Å². The lowest BCUT2D eigenvalue weighted by Gasteiger charge is -2.23. The Morgan fingerprint density at radius 1 is 1.24 bits per heavy atom. The van der Waals surface area contributed by atoms with Crippen LogP contribution >= 0.6 is 34.5 Å². The summed E-state index contributed by atoms with van der Waals surface area (Å²) >= 11 is 13.4. The van der Waals surface area contributed by atoms with E-state index in [0.717, 1.165) is 10.3 Å². The molecule has 2 aromatic carbocycles. The number of benzene rings is 2. The van der Waals surface area contributed by atoms with Crippen molar-refractivity contribution in [3.63, 3.8) is 0 Å². The first-order valence-electron chi connectivity index (χ1n) is 7.37. The third-order valence-corrected chi connectivity index (χ3v) is 5.60. The number of halogens is 2. The molecule has 1 amide bonds. The van der Waals surface area contributed by atoms with E-state index < -0.39 is 18.0 Å². The van der Waals surface area contributed by atoms with Crippen LogP contribution in [0.5, 0.6) is 0 Å². The van der Waals surface area contributed by atoms with Gasteiger partial charge in [0.05, 0.1) is 20.3 Å². The van der Waals surface area contributed by atoms with Crippen molar-refractivity contribution in [1.29, 1.82) is 0 Å². The maximum Gasteiger partial charge on any atom is 0.339 e. The third-order valence-electron chi connectivity index (χ3n) is 3.87. The Balaban J connectivity index is 1.57. The zero-order valence-corrected chi connectivity index (χ0v) is 14.9. The molecule has 2 heterocycles. The summed E-state index contributed by atoms with van der Waals surface area (Å²) in [5.41, 5.74) is 1.81. The molecule has 1 N–H and O–H groups in total. The Kier molecular flexibility index (Phi) is 4.11. The van der Waals surface area contributed by atoms with Crippen molar-refractivity contribution < 1.29 is 14.3 Å². The Labute approximate surface area is 156 Å². The molecule has 0 radical (unpaired) electrons. The lowest BCUT2D eigenvalue weighted by atomic mass is 9.98. The molecule has 0 bridgehead atoms. The van der Waals surface area contributed by atoms with Crippen LogP contribution in [0.2, 0.25) is 10.0 Å². The molecular formula is C17H10Cl2N2O3S. The molecule has 1 aliphatic heterocycles. The highest BCUT2D eigenvalue weighted by Crippen LogP contribution is 2.35. The van der Waals surface area contributed by atoms with Gasteiger partial charge in [-0.05, 0) is 23.8 Å². The van der Waals surface area contributed by atoms with Crippen molar-refractivity contribution in [1.82, 2.24) is 4.98 Å². The highest BCUT2D eigenvalue weighted by atomic mass is 35.5. The van der Waals surface area contributed by atoms with Gasteiger partial charge < -0.3 is 4.74 Å². The number of hydrogen-bond acceptors (Lipinski definition) is 5. The zero-order valence-electron chi connectivity index (χ0n) is 12.6. The summed E-state index contributed by atoms with van der Waals surface area (Å²) in [6.45, 7) is 0. The number of nitrogens with one attached hydrogen (secondary N) is 1. The van der Waals surface area contributed by atoms with E-state index in [4.69, 9.17) is 27.9 Å². The van der Waals surface area contributed by atoms with Crippen LogP contribution in [0.3, 0.4) is 0 Å². The highest BCUT2D eigenvalue weighted by molar-refractivity contribution is 7.22. The monoisotopic (exact) mass is 392 g/mol. The fourth-order valence-electron chi connectivity index (χ4n) is 2.65. The summed E-state index contributed by atoms with van der Waals surface area (Å²) in [4.78, 5) is 28.8. The van der Waals surface area contributed by atoms with Gasteiger partial charge in [0, 0.05) is 6.42 Å². The second-order valence-electron chi connectivity index (χ2n) is 5.47. The molecule has 25 heavy (non-hydrogen) atoms. The van der Waals surface area contributed by atoms with E-state index in [1.165, 1.54) is 11.3 Å². The number of anilines is 1. The second-order valence-corrected chi connectivity index (χ2v) is 7.29. The summed E-state index contributed by atoms with van der Waals surface area (Å²) < 4.78 is 6.04. The molecule has 1 aliphatic rings. The van der Waals surface area contributed by atoms with Crippen LogP contribution in [0, 0.1) is 0 Å². The number of hydrogen-bond donors (Lipinski definition) is 1. The lowest BCUT2D eigenvalue weighted by Crippen LogP contribution is -2.37. The standard InChI is InChI=1S/C17H10Cl2N2O3S/c18-10-5-6-12-14(13(10)19)20-17(25-12)21-15(22)11-7-8-3-1-2-4-9(8)16(23)24-11/h1-6,11H,7H2,(H,20,21,22). The maximum absolute atomic E-state index is 12.5. The Morgan fingerprint density at radius 3 is 2.88 bits per heavy atom. The summed E-state index contributed by atoms with van der Waals surface area (Å²) in [5.74, 6) is -0.926. The molecule has 0 saturated carbocycles. The number of aromatic nitrogens is 1. The summed E-state index contributed by atoms with van der Waals surface area (Å²) in [7, 11) is 0. The first-order valence-corrected chi connectivity index (χ1v) is 8.94. The van der Waals surface area contributed by atoms with Crippen molar-refractivity contribution in [3.05, 3.63) is 57.6 Å². The van der Waals surface area contributed by atoms with Gasteiger partial charge in [0.25, 0.3) is 5.91 Å². The van der Waals surface area contributed by atoms with Crippen LogP contribution in [0.1, 0.15) is 15.9 Å². The molecule has 8 heteroatoms. The average Bonchev–Trinajstić information content (AvgIpc) is 3.01. The first kappa shape index (κ1) is 16.3. The molecule has 4 rings (SSSR count). The lowest BCUT2D eigenvalue weighted by molar-refractivity contribution is -0.125. The SMILES string of the molecule is O=C1OC(C(=O)Nc2nc3c(Cl)c(Cl)ccc3s2)Cc2ccccc21. The fourth-order valence-corrected chi connectivity index (χ4v) is 3.95. The van der Waals surface area contributed by atoms with E-state index in [-0.39, 0.29) is 0 Å². The molecule has 1 aromatic heterocycles. The first-order chi connectivity index (χ1) is 12.0. The van der Waals surface area contributed by atoms with Gasteiger partial charge in [-0.1, -0.05) is 52.7 Å². The van der Waals surface area contributed by atoms with Crippen molar-refractivity contribution in [2.45, 2.75) is 12.5 Å². The Hall–Kier alpha value is -2.15. The molecule has 126 valence electrons. The molecule has 1 atom stereocenters. The van der Waals surface area contributed by atoms with E-state index in [9.17, 15) is 9.59 Å². The highest BCUT2D eigenvalue weighted by Gasteiger charge is 2.31. The Morgan fingerprint density at radius 2 is 2.04 bits per heavy atom. The number of esters is 1.